The number of carbonyl (C=O) groups is 2. The van der Waals surface area contributed by atoms with E-state index in [1.54, 1.807) is 30.5 Å². The Morgan fingerprint density at radius 1 is 1.14 bits per heavy atom. The molecule has 4 rings (SSSR count). The van der Waals surface area contributed by atoms with Gasteiger partial charge in [0.1, 0.15) is 0 Å². The lowest BCUT2D eigenvalue weighted by Gasteiger charge is -2.07. The van der Waals surface area contributed by atoms with Crippen LogP contribution in [0.5, 0.6) is 0 Å². The number of imide groups is 1. The topological polar surface area (TPSA) is 94.2 Å². The SMILES string of the molecule is O=C1NC(=O)C(=Cc2cn(Cc3ccc(Cl)c(Cl)c3)c3ccc([N+](=O)[O-])cc23)S1. The Morgan fingerprint density at radius 3 is 2.59 bits per heavy atom. The number of halogens is 2. The van der Waals surface area contributed by atoms with Crippen LogP contribution >= 0.6 is 35.0 Å². The molecular weight excluding hydrogens is 437 g/mol. The van der Waals surface area contributed by atoms with E-state index < -0.39 is 16.1 Å². The molecule has 7 nitrogen and oxygen atoms in total. The molecule has 3 aromatic rings. The number of hydrogen-bond acceptors (Lipinski definition) is 5. The Bertz CT molecular complexity index is 1240. The van der Waals surface area contributed by atoms with Crippen molar-refractivity contribution in [3.05, 3.63) is 78.8 Å². The highest BCUT2D eigenvalue weighted by Crippen LogP contribution is 2.32. The lowest BCUT2D eigenvalue weighted by molar-refractivity contribution is -0.384. The van der Waals surface area contributed by atoms with Crippen molar-refractivity contribution < 1.29 is 14.5 Å². The first kappa shape index (κ1) is 19.5. The minimum absolute atomic E-state index is 0.0657. The molecule has 0 spiro atoms. The number of nitro benzene ring substituents is 1. The second-order valence-electron chi connectivity index (χ2n) is 6.27. The van der Waals surface area contributed by atoms with Gasteiger partial charge in [-0.25, -0.2) is 0 Å². The number of nitrogens with one attached hydrogen (secondary N) is 1. The monoisotopic (exact) mass is 447 g/mol. The van der Waals surface area contributed by atoms with Gasteiger partial charge in [-0.1, -0.05) is 29.3 Å². The average Bonchev–Trinajstić information content (AvgIpc) is 3.17. The highest BCUT2D eigenvalue weighted by atomic mass is 35.5. The number of aromatic nitrogens is 1. The molecule has 1 aromatic heterocycles. The smallest absolute Gasteiger partial charge is 0.290 e. The van der Waals surface area contributed by atoms with Crippen LogP contribution in [-0.4, -0.2) is 20.6 Å². The average molecular weight is 448 g/mol. The van der Waals surface area contributed by atoms with Gasteiger partial charge in [0.15, 0.2) is 0 Å². The summed E-state index contributed by atoms with van der Waals surface area (Å²) in [6, 6.07) is 9.81. The summed E-state index contributed by atoms with van der Waals surface area (Å²) in [5.41, 5.74) is 2.15. The molecule has 0 saturated carbocycles. The number of fused-ring (bicyclic) bond motifs is 1. The quantitative estimate of drug-likeness (QED) is 0.335. The van der Waals surface area contributed by atoms with Gasteiger partial charge in [-0.3, -0.25) is 25.0 Å². The first-order chi connectivity index (χ1) is 13.8. The molecule has 0 atom stereocenters. The number of nitro groups is 1. The maximum absolute atomic E-state index is 11.9. The van der Waals surface area contributed by atoms with Gasteiger partial charge in [0.25, 0.3) is 16.8 Å². The largest absolute Gasteiger partial charge is 0.342 e. The van der Waals surface area contributed by atoms with Crippen LogP contribution in [-0.2, 0) is 11.3 Å². The fraction of sp³-hybridized carbons (Fsp3) is 0.0526. The van der Waals surface area contributed by atoms with Gasteiger partial charge >= 0.3 is 0 Å². The van der Waals surface area contributed by atoms with E-state index in [0.717, 1.165) is 22.8 Å². The molecule has 10 heteroatoms. The lowest BCUT2D eigenvalue weighted by atomic mass is 10.1. The Hall–Kier alpha value is -2.81. The summed E-state index contributed by atoms with van der Waals surface area (Å²) in [5.74, 6) is -0.490. The van der Waals surface area contributed by atoms with E-state index in [9.17, 15) is 19.7 Å². The van der Waals surface area contributed by atoms with Crippen LogP contribution in [0.15, 0.2) is 47.5 Å². The van der Waals surface area contributed by atoms with E-state index in [-0.39, 0.29) is 10.6 Å². The summed E-state index contributed by atoms with van der Waals surface area (Å²) in [6.07, 6.45) is 3.34. The van der Waals surface area contributed by atoms with E-state index in [1.165, 1.54) is 12.1 Å². The molecule has 0 radical (unpaired) electrons. The molecule has 0 bridgehead atoms. The second kappa shape index (κ2) is 7.55. The van der Waals surface area contributed by atoms with Crippen LogP contribution in [0.2, 0.25) is 10.0 Å². The number of carbonyl (C=O) groups excluding carboxylic acids is 2. The normalized spacial score (nSPS) is 15.3. The summed E-state index contributed by atoms with van der Waals surface area (Å²) in [4.78, 5) is 34.3. The fourth-order valence-electron chi connectivity index (χ4n) is 3.07. The number of benzene rings is 2. The van der Waals surface area contributed by atoms with Crippen molar-refractivity contribution in [2.24, 2.45) is 0 Å². The molecule has 1 fully saturated rings. The molecule has 2 amide bonds. The summed E-state index contributed by atoms with van der Waals surface area (Å²) in [5, 5.41) is 14.4. The summed E-state index contributed by atoms with van der Waals surface area (Å²) >= 11 is 12.9. The first-order valence-electron chi connectivity index (χ1n) is 8.28. The number of nitrogens with zero attached hydrogens (tertiary/aromatic N) is 2. The molecule has 0 aliphatic carbocycles. The van der Waals surface area contributed by atoms with Crippen LogP contribution in [0.3, 0.4) is 0 Å². The Morgan fingerprint density at radius 2 is 1.93 bits per heavy atom. The third-order valence-electron chi connectivity index (χ3n) is 4.37. The minimum atomic E-state index is -0.490. The zero-order valence-corrected chi connectivity index (χ0v) is 16.8. The highest BCUT2D eigenvalue weighted by Gasteiger charge is 2.25. The predicted octanol–water partition coefficient (Wildman–Crippen LogP) is 5.23. The van der Waals surface area contributed by atoms with Gasteiger partial charge in [-0.05, 0) is 41.6 Å². The first-order valence-corrected chi connectivity index (χ1v) is 9.85. The lowest BCUT2D eigenvalue weighted by Crippen LogP contribution is -2.17. The van der Waals surface area contributed by atoms with Crippen LogP contribution in [0, 0.1) is 10.1 Å². The van der Waals surface area contributed by atoms with Crippen LogP contribution in [0.25, 0.3) is 17.0 Å². The zero-order chi connectivity index (χ0) is 20.7. The number of rotatable bonds is 4. The molecule has 1 saturated heterocycles. The minimum Gasteiger partial charge on any atom is -0.342 e. The molecule has 1 aliphatic heterocycles. The van der Waals surface area contributed by atoms with Crippen LogP contribution in [0.1, 0.15) is 11.1 Å². The maximum atomic E-state index is 11.9. The fourth-order valence-corrected chi connectivity index (χ4v) is 4.06. The van der Waals surface area contributed by atoms with Crippen molar-refractivity contribution in [3.8, 4) is 0 Å². The van der Waals surface area contributed by atoms with E-state index >= 15 is 0 Å². The van der Waals surface area contributed by atoms with Gasteiger partial charge in [-0.15, -0.1) is 0 Å². The van der Waals surface area contributed by atoms with Crippen LogP contribution < -0.4 is 5.32 Å². The molecule has 2 heterocycles. The zero-order valence-electron chi connectivity index (χ0n) is 14.5. The van der Waals surface area contributed by atoms with Crippen molar-refractivity contribution in [3.63, 3.8) is 0 Å². The van der Waals surface area contributed by atoms with Crippen molar-refractivity contribution >= 4 is 68.8 Å². The van der Waals surface area contributed by atoms with Gasteiger partial charge < -0.3 is 4.57 Å². The molecule has 0 unspecified atom stereocenters. The third-order valence-corrected chi connectivity index (χ3v) is 5.92. The van der Waals surface area contributed by atoms with E-state index in [4.69, 9.17) is 23.2 Å². The number of amides is 2. The van der Waals surface area contributed by atoms with Gasteiger partial charge in [0.2, 0.25) is 0 Å². The Balaban J connectivity index is 1.83. The summed E-state index contributed by atoms with van der Waals surface area (Å²) < 4.78 is 1.89. The van der Waals surface area contributed by atoms with Gasteiger partial charge in [0.05, 0.1) is 19.9 Å². The van der Waals surface area contributed by atoms with Crippen molar-refractivity contribution in [2.75, 3.05) is 0 Å². The predicted molar refractivity (Wildman–Crippen MR) is 113 cm³/mol. The summed E-state index contributed by atoms with van der Waals surface area (Å²) in [7, 11) is 0. The standard InChI is InChI=1S/C19H11Cl2N3O4S/c20-14-3-1-10(5-15(14)21)8-23-9-11(6-17-18(25)22-19(26)29-17)13-7-12(24(27)28)2-4-16(13)23/h1-7,9H,8H2,(H,22,25,26). The number of non-ortho nitro benzene ring substituents is 1. The third kappa shape index (κ3) is 3.87. The summed E-state index contributed by atoms with van der Waals surface area (Å²) in [6.45, 7) is 0.437. The van der Waals surface area contributed by atoms with Crippen molar-refractivity contribution in [1.29, 1.82) is 0 Å². The van der Waals surface area contributed by atoms with E-state index in [1.807, 2.05) is 10.6 Å². The maximum Gasteiger partial charge on any atom is 0.290 e. The molecular formula is C19H11Cl2N3O4S. The van der Waals surface area contributed by atoms with Crippen LogP contribution in [0.4, 0.5) is 10.5 Å². The highest BCUT2D eigenvalue weighted by molar-refractivity contribution is 8.18. The molecule has 146 valence electrons. The molecule has 1 aliphatic rings. The van der Waals surface area contributed by atoms with E-state index in [0.29, 0.717) is 27.5 Å². The molecule has 1 N–H and O–H groups in total. The number of thioether (sulfide) groups is 1. The van der Waals surface area contributed by atoms with Gasteiger partial charge in [0, 0.05) is 41.3 Å². The molecule has 29 heavy (non-hydrogen) atoms. The Kier molecular flexibility index (Phi) is 5.08. The van der Waals surface area contributed by atoms with Gasteiger partial charge in [-0.2, -0.15) is 0 Å². The van der Waals surface area contributed by atoms with E-state index in [2.05, 4.69) is 5.32 Å². The Labute approximate surface area is 178 Å². The van der Waals surface area contributed by atoms with Crippen molar-refractivity contribution in [2.45, 2.75) is 6.54 Å². The second-order valence-corrected chi connectivity index (χ2v) is 8.10. The molecule has 2 aromatic carbocycles. The van der Waals surface area contributed by atoms with Crippen molar-refractivity contribution in [1.82, 2.24) is 9.88 Å². The number of hydrogen-bond donors (Lipinski definition) is 1.